The van der Waals surface area contributed by atoms with Crippen LogP contribution in [-0.2, 0) is 0 Å². The molecule has 0 spiro atoms. The third-order valence-corrected chi connectivity index (χ3v) is 0.877. The summed E-state index contributed by atoms with van der Waals surface area (Å²) in [4.78, 5) is 8.00. The van der Waals surface area contributed by atoms with Crippen LogP contribution >= 0.6 is 0 Å². The number of hydrogen-bond acceptors (Lipinski definition) is 2. The highest BCUT2D eigenvalue weighted by molar-refractivity contribution is 5.89. The first-order chi connectivity index (χ1) is 3.39. The number of nitrogens with zero attached hydrogens (tertiary/aromatic N) is 2. The van der Waals surface area contributed by atoms with Gasteiger partial charge < -0.3 is 0 Å². The molecular formula is C5H8N2. The van der Waals surface area contributed by atoms with Gasteiger partial charge in [0.25, 0.3) is 0 Å². The third kappa shape index (κ3) is 1.11. The molecule has 1 rings (SSSR count). The molecule has 0 atom stereocenters. The first kappa shape index (κ1) is 4.50. The minimum Gasteiger partial charge on any atom is -0.270 e. The Bertz CT molecular complexity index is 113. The van der Waals surface area contributed by atoms with Gasteiger partial charge in [-0.3, -0.25) is 4.99 Å². The van der Waals surface area contributed by atoms with Crippen LogP contribution in [0.2, 0.25) is 0 Å². The average molecular weight is 96.1 g/mol. The van der Waals surface area contributed by atoms with E-state index in [0.29, 0.717) is 0 Å². The third-order valence-electron chi connectivity index (χ3n) is 0.877. The standard InChI is InChI=1S/C5H8N2/c1-5-6-3-2-4-7-5/h3H,2,4H2,1H3. The van der Waals surface area contributed by atoms with E-state index in [9.17, 15) is 0 Å². The second-order valence-corrected chi connectivity index (χ2v) is 1.53. The van der Waals surface area contributed by atoms with Gasteiger partial charge in [0, 0.05) is 19.2 Å². The maximum Gasteiger partial charge on any atom is 0.119 e. The minimum atomic E-state index is 0.909. The van der Waals surface area contributed by atoms with Gasteiger partial charge in [-0.2, -0.15) is 0 Å². The van der Waals surface area contributed by atoms with Crippen molar-refractivity contribution in [2.75, 3.05) is 6.54 Å². The van der Waals surface area contributed by atoms with Crippen molar-refractivity contribution in [3.05, 3.63) is 0 Å². The van der Waals surface area contributed by atoms with E-state index in [1.165, 1.54) is 0 Å². The van der Waals surface area contributed by atoms with E-state index in [1.54, 1.807) is 0 Å². The number of rotatable bonds is 0. The summed E-state index contributed by atoms with van der Waals surface area (Å²) < 4.78 is 0. The van der Waals surface area contributed by atoms with E-state index < -0.39 is 0 Å². The fourth-order valence-electron chi connectivity index (χ4n) is 0.522. The second kappa shape index (κ2) is 1.87. The lowest BCUT2D eigenvalue weighted by Gasteiger charge is -1.96. The van der Waals surface area contributed by atoms with E-state index >= 15 is 0 Å². The van der Waals surface area contributed by atoms with Crippen molar-refractivity contribution < 1.29 is 0 Å². The topological polar surface area (TPSA) is 24.7 Å². The smallest absolute Gasteiger partial charge is 0.119 e. The Kier molecular flexibility index (Phi) is 1.20. The molecule has 0 fully saturated rings. The van der Waals surface area contributed by atoms with Crippen molar-refractivity contribution in [1.82, 2.24) is 0 Å². The summed E-state index contributed by atoms with van der Waals surface area (Å²) in [6.45, 7) is 2.84. The molecule has 2 heteroatoms. The Labute approximate surface area is 43.0 Å². The fraction of sp³-hybridized carbons (Fsp3) is 0.600. The van der Waals surface area contributed by atoms with Gasteiger partial charge in [-0.25, -0.2) is 4.99 Å². The largest absolute Gasteiger partial charge is 0.270 e. The summed E-state index contributed by atoms with van der Waals surface area (Å²) in [6, 6.07) is 0. The molecule has 2 nitrogen and oxygen atoms in total. The summed E-state index contributed by atoms with van der Waals surface area (Å²) in [5.41, 5.74) is 0. The summed E-state index contributed by atoms with van der Waals surface area (Å²) in [5, 5.41) is 0. The van der Waals surface area contributed by atoms with E-state index in [4.69, 9.17) is 0 Å². The van der Waals surface area contributed by atoms with Crippen LogP contribution in [0.3, 0.4) is 0 Å². The lowest BCUT2D eigenvalue weighted by molar-refractivity contribution is 1.03. The van der Waals surface area contributed by atoms with Crippen molar-refractivity contribution >= 4 is 12.1 Å². The molecule has 0 saturated carbocycles. The van der Waals surface area contributed by atoms with E-state index in [0.717, 1.165) is 18.8 Å². The minimum absolute atomic E-state index is 0.909. The molecule has 0 aromatic heterocycles. The van der Waals surface area contributed by atoms with Crippen LogP contribution in [-0.4, -0.2) is 18.6 Å². The van der Waals surface area contributed by atoms with E-state index in [2.05, 4.69) is 9.98 Å². The van der Waals surface area contributed by atoms with Crippen LogP contribution in [0.25, 0.3) is 0 Å². The summed E-state index contributed by atoms with van der Waals surface area (Å²) >= 11 is 0. The summed E-state index contributed by atoms with van der Waals surface area (Å²) in [6.07, 6.45) is 2.92. The van der Waals surface area contributed by atoms with Gasteiger partial charge in [-0.1, -0.05) is 0 Å². The molecule has 0 aromatic rings. The molecule has 0 amide bonds. The number of hydrogen-bond donors (Lipinski definition) is 0. The fourth-order valence-corrected chi connectivity index (χ4v) is 0.522. The van der Waals surface area contributed by atoms with Gasteiger partial charge in [0.15, 0.2) is 0 Å². The molecule has 0 unspecified atom stereocenters. The lowest BCUT2D eigenvalue weighted by Crippen LogP contribution is -1.96. The monoisotopic (exact) mass is 96.1 g/mol. The maximum atomic E-state index is 4.05. The number of aliphatic imine (C=N–C) groups is 2. The van der Waals surface area contributed by atoms with Crippen molar-refractivity contribution in [3.63, 3.8) is 0 Å². The molecule has 0 saturated heterocycles. The Morgan fingerprint density at radius 3 is 2.86 bits per heavy atom. The quantitative estimate of drug-likeness (QED) is 0.427. The molecule has 1 aliphatic rings. The second-order valence-electron chi connectivity index (χ2n) is 1.53. The van der Waals surface area contributed by atoms with Gasteiger partial charge in [0.1, 0.15) is 5.84 Å². The molecule has 7 heavy (non-hydrogen) atoms. The van der Waals surface area contributed by atoms with Gasteiger partial charge in [0.05, 0.1) is 0 Å². The highest BCUT2D eigenvalue weighted by atomic mass is 14.9. The normalized spacial score (nSPS) is 19.3. The molecule has 0 radical (unpaired) electrons. The predicted octanol–water partition coefficient (Wildman–Crippen LogP) is 0.879. The van der Waals surface area contributed by atoms with E-state index in [-0.39, 0.29) is 0 Å². The lowest BCUT2D eigenvalue weighted by atomic mass is 10.4. The summed E-state index contributed by atoms with van der Waals surface area (Å²) in [5.74, 6) is 0.909. The zero-order chi connectivity index (χ0) is 5.11. The van der Waals surface area contributed by atoms with Gasteiger partial charge in [0.2, 0.25) is 0 Å². The SMILES string of the molecule is CC1=NCCC=N1. The zero-order valence-electron chi connectivity index (χ0n) is 4.39. The van der Waals surface area contributed by atoms with E-state index in [1.807, 2.05) is 13.1 Å². The molecule has 1 aliphatic heterocycles. The Morgan fingerprint density at radius 1 is 1.71 bits per heavy atom. The van der Waals surface area contributed by atoms with Crippen LogP contribution in [0.4, 0.5) is 0 Å². The van der Waals surface area contributed by atoms with Crippen LogP contribution in [0.1, 0.15) is 13.3 Å². The molecule has 0 aromatic carbocycles. The first-order valence-electron chi connectivity index (χ1n) is 2.43. The van der Waals surface area contributed by atoms with Gasteiger partial charge in [-0.15, -0.1) is 0 Å². The zero-order valence-corrected chi connectivity index (χ0v) is 4.39. The molecule has 0 bridgehead atoms. The molecule has 38 valence electrons. The average Bonchev–Trinajstić information content (AvgIpc) is 1.69. The summed E-state index contributed by atoms with van der Waals surface area (Å²) in [7, 11) is 0. The van der Waals surface area contributed by atoms with Crippen LogP contribution < -0.4 is 0 Å². The Balaban J connectivity index is 2.58. The van der Waals surface area contributed by atoms with Crippen LogP contribution in [0.15, 0.2) is 9.98 Å². The van der Waals surface area contributed by atoms with Crippen LogP contribution in [0, 0.1) is 0 Å². The highest BCUT2D eigenvalue weighted by Crippen LogP contribution is 1.88. The number of amidine groups is 1. The van der Waals surface area contributed by atoms with Crippen molar-refractivity contribution in [3.8, 4) is 0 Å². The maximum absolute atomic E-state index is 4.05. The van der Waals surface area contributed by atoms with Crippen molar-refractivity contribution in [2.45, 2.75) is 13.3 Å². The molecule has 0 N–H and O–H groups in total. The Morgan fingerprint density at radius 2 is 2.57 bits per heavy atom. The first-order valence-corrected chi connectivity index (χ1v) is 2.43. The predicted molar refractivity (Wildman–Crippen MR) is 31.1 cm³/mol. The Hall–Kier alpha value is -0.660. The van der Waals surface area contributed by atoms with Crippen molar-refractivity contribution in [2.24, 2.45) is 9.98 Å². The molecule has 1 heterocycles. The van der Waals surface area contributed by atoms with Crippen molar-refractivity contribution in [1.29, 1.82) is 0 Å². The molecule has 0 aliphatic carbocycles. The highest BCUT2D eigenvalue weighted by Gasteiger charge is 1.88. The van der Waals surface area contributed by atoms with Crippen LogP contribution in [0.5, 0.6) is 0 Å². The molecular weight excluding hydrogens is 88.1 g/mol. The van der Waals surface area contributed by atoms with Gasteiger partial charge in [-0.05, 0) is 6.92 Å². The van der Waals surface area contributed by atoms with Gasteiger partial charge >= 0.3 is 0 Å².